The number of ether oxygens (including phenoxy) is 2. The third-order valence-electron chi connectivity index (χ3n) is 7.55. The van der Waals surface area contributed by atoms with Gasteiger partial charge >= 0.3 is 0 Å². The summed E-state index contributed by atoms with van der Waals surface area (Å²) in [7, 11) is 3.50. The first kappa shape index (κ1) is 35.4. The minimum atomic E-state index is -0.0502. The van der Waals surface area contributed by atoms with Gasteiger partial charge in [0.25, 0.3) is 0 Å². The summed E-state index contributed by atoms with van der Waals surface area (Å²) in [5.74, 6) is 0. The number of fused-ring (bicyclic) bond motifs is 1. The lowest BCUT2D eigenvalue weighted by atomic mass is 9.84. The number of carbonyl (C=O) groups excluding carboxylic acids is 1. The van der Waals surface area contributed by atoms with Crippen molar-refractivity contribution in [3.63, 3.8) is 0 Å². The van der Waals surface area contributed by atoms with E-state index in [4.69, 9.17) is 19.4 Å². The molecule has 240 valence electrons. The number of benzene rings is 1. The predicted molar refractivity (Wildman–Crippen MR) is 183 cm³/mol. The average Bonchev–Trinajstić information content (AvgIpc) is 3.62. The monoisotopic (exact) mass is 621 g/mol. The number of methoxy groups -OCH3 is 2. The van der Waals surface area contributed by atoms with E-state index in [0.717, 1.165) is 79.1 Å². The molecular weight excluding hydrogens is 570 g/mol. The number of unbranched alkanes of at least 4 members (excludes halogenated alkanes) is 3. The van der Waals surface area contributed by atoms with Crippen molar-refractivity contribution in [3.05, 3.63) is 58.9 Å². The number of hydrogen-bond acceptors (Lipinski definition) is 7. The summed E-state index contributed by atoms with van der Waals surface area (Å²) in [6.07, 6.45) is 8.78. The third-order valence-corrected chi connectivity index (χ3v) is 8.49. The average molecular weight is 622 g/mol. The van der Waals surface area contributed by atoms with Crippen LogP contribution < -0.4 is 10.9 Å². The Morgan fingerprint density at radius 1 is 1.07 bits per heavy atom. The van der Waals surface area contributed by atoms with Crippen LogP contribution in [0, 0.1) is 5.41 Å². The summed E-state index contributed by atoms with van der Waals surface area (Å²) in [5.41, 5.74) is 13.4. The van der Waals surface area contributed by atoms with Gasteiger partial charge in [0.1, 0.15) is 5.01 Å². The molecule has 2 N–H and O–H groups in total. The summed E-state index contributed by atoms with van der Waals surface area (Å²) < 4.78 is 13.6. The Hall–Kier alpha value is -3.11. The molecule has 3 heterocycles. The molecule has 4 rings (SSSR count). The lowest BCUT2D eigenvalue weighted by Crippen LogP contribution is -2.30. The lowest BCUT2D eigenvalue weighted by Gasteiger charge is -2.25. The van der Waals surface area contributed by atoms with Crippen molar-refractivity contribution in [3.8, 4) is 21.8 Å². The zero-order valence-electron chi connectivity index (χ0n) is 27.7. The van der Waals surface area contributed by atoms with Gasteiger partial charge in [-0.2, -0.15) is 0 Å². The number of thiazole rings is 1. The second kappa shape index (κ2) is 18.0. The summed E-state index contributed by atoms with van der Waals surface area (Å²) in [6, 6.07) is 11.0. The van der Waals surface area contributed by atoms with Crippen molar-refractivity contribution in [1.29, 1.82) is 0 Å². The van der Waals surface area contributed by atoms with E-state index < -0.39 is 0 Å². The zero-order chi connectivity index (χ0) is 32.0. The fraction of sp³-hybridized carbons (Fsp3) is 0.514. The van der Waals surface area contributed by atoms with E-state index in [-0.39, 0.29) is 5.41 Å². The smallest absolute Gasteiger partial charge is 0.221 e. The molecule has 8 nitrogen and oxygen atoms in total. The number of amides is 1. The van der Waals surface area contributed by atoms with Crippen LogP contribution in [0.25, 0.3) is 32.7 Å². The highest BCUT2D eigenvalue weighted by molar-refractivity contribution is 7.13. The van der Waals surface area contributed by atoms with Crippen LogP contribution in [0.1, 0.15) is 77.3 Å². The Bertz CT molecular complexity index is 1450. The zero-order valence-corrected chi connectivity index (χ0v) is 28.5. The number of carbonyl (C=O) groups is 1. The maximum atomic E-state index is 10.3. The largest absolute Gasteiger partial charge is 0.384 e. The van der Waals surface area contributed by atoms with Crippen LogP contribution in [0.15, 0.2) is 41.9 Å². The number of aromatic nitrogens is 3. The maximum absolute atomic E-state index is 10.3. The molecule has 9 heteroatoms. The molecule has 4 aromatic rings. The van der Waals surface area contributed by atoms with Gasteiger partial charge < -0.3 is 14.0 Å². The molecule has 44 heavy (non-hydrogen) atoms. The van der Waals surface area contributed by atoms with Crippen molar-refractivity contribution >= 4 is 28.6 Å². The Morgan fingerprint density at radius 2 is 1.86 bits per heavy atom. The molecule has 1 amide bonds. The first-order valence-electron chi connectivity index (χ1n) is 15.9. The minimum Gasteiger partial charge on any atom is -0.384 e. The van der Waals surface area contributed by atoms with E-state index in [1.807, 2.05) is 26.1 Å². The number of pyridine rings is 1. The molecule has 3 aromatic heterocycles. The molecule has 0 spiro atoms. The van der Waals surface area contributed by atoms with Gasteiger partial charge in [-0.05, 0) is 73.9 Å². The van der Waals surface area contributed by atoms with E-state index in [1.54, 1.807) is 25.6 Å². The predicted octanol–water partition coefficient (Wildman–Crippen LogP) is 7.59. The van der Waals surface area contributed by atoms with Crippen molar-refractivity contribution in [2.24, 2.45) is 5.41 Å². The van der Waals surface area contributed by atoms with E-state index in [2.05, 4.69) is 65.8 Å². The number of hydrogen-bond donors (Lipinski definition) is 2. The van der Waals surface area contributed by atoms with Crippen LogP contribution in [-0.2, 0) is 40.3 Å². The van der Waals surface area contributed by atoms with Gasteiger partial charge in [0, 0.05) is 60.9 Å². The Kier molecular flexibility index (Phi) is 14.5. The standard InChI is InChI=1S/C33H45N5O3S.C2H6/c1-6-38-30-15-14-24(32-37-25(21-42-32)12-9-7-8-10-17-35-36-23-39)18-27(30)28(19-33(2,3)22-41-5)31(38)26-13-11-16-34-29(26)20-40-4;1-2/h11,13-16,18,21,23,35H,6-10,12,17,19-20,22H2,1-5H3,(H,36,39);1-2H3. The third kappa shape index (κ3) is 9.20. The van der Waals surface area contributed by atoms with Crippen LogP contribution in [0.3, 0.4) is 0 Å². The van der Waals surface area contributed by atoms with Gasteiger partial charge in [-0.25, -0.2) is 10.4 Å². The quantitative estimate of drug-likeness (QED) is 0.0676. The van der Waals surface area contributed by atoms with Crippen molar-refractivity contribution < 1.29 is 14.3 Å². The minimum absolute atomic E-state index is 0.0502. The second-order valence-electron chi connectivity index (χ2n) is 11.5. The highest BCUT2D eigenvalue weighted by atomic mass is 32.1. The molecule has 1 aromatic carbocycles. The van der Waals surface area contributed by atoms with Gasteiger partial charge in [-0.15, -0.1) is 11.3 Å². The Labute approximate surface area is 267 Å². The topological polar surface area (TPSA) is 90.3 Å². The van der Waals surface area contributed by atoms with E-state index in [9.17, 15) is 4.79 Å². The molecule has 0 aliphatic heterocycles. The maximum Gasteiger partial charge on any atom is 0.221 e. The van der Waals surface area contributed by atoms with E-state index in [1.165, 1.54) is 22.2 Å². The molecule has 0 bridgehead atoms. The van der Waals surface area contributed by atoms with Gasteiger partial charge in [0.2, 0.25) is 6.41 Å². The van der Waals surface area contributed by atoms with Gasteiger partial charge in [-0.3, -0.25) is 15.2 Å². The lowest BCUT2D eigenvalue weighted by molar-refractivity contribution is -0.110. The van der Waals surface area contributed by atoms with Gasteiger partial charge in [-0.1, -0.05) is 40.5 Å². The van der Waals surface area contributed by atoms with Crippen molar-refractivity contribution in [2.75, 3.05) is 27.4 Å². The van der Waals surface area contributed by atoms with E-state index >= 15 is 0 Å². The molecular formula is C35H51N5O3S. The number of nitrogens with one attached hydrogen (secondary N) is 2. The molecule has 0 aliphatic rings. The Morgan fingerprint density at radius 3 is 2.59 bits per heavy atom. The Balaban J connectivity index is 0.00000259. The normalized spacial score (nSPS) is 11.4. The first-order valence-corrected chi connectivity index (χ1v) is 16.7. The summed E-state index contributed by atoms with van der Waals surface area (Å²) >= 11 is 1.72. The number of hydrazine groups is 1. The van der Waals surface area contributed by atoms with Crippen LogP contribution in [0.5, 0.6) is 0 Å². The number of rotatable bonds is 18. The number of aryl methyl sites for hydroxylation is 2. The molecule has 0 fully saturated rings. The highest BCUT2D eigenvalue weighted by Gasteiger charge is 2.27. The molecule has 0 atom stereocenters. The fourth-order valence-corrected chi connectivity index (χ4v) is 6.59. The fourth-order valence-electron chi connectivity index (χ4n) is 5.74. The molecule has 0 aliphatic carbocycles. The second-order valence-corrected chi connectivity index (χ2v) is 12.4. The molecule has 0 radical (unpaired) electrons. The SMILES string of the molecule is CC.CCn1c(-c2cccnc2COC)c(CC(C)(C)COC)c2cc(-c3nc(CCCCCCNNC=O)cs3)ccc21. The summed E-state index contributed by atoms with van der Waals surface area (Å²) in [6.45, 7) is 13.5. The summed E-state index contributed by atoms with van der Waals surface area (Å²) in [5, 5.41) is 4.52. The van der Waals surface area contributed by atoms with Crippen LogP contribution in [-0.4, -0.2) is 48.3 Å². The molecule has 0 saturated carbocycles. The summed E-state index contributed by atoms with van der Waals surface area (Å²) in [4.78, 5) is 20.0. The van der Waals surface area contributed by atoms with Gasteiger partial charge in [0.05, 0.1) is 30.3 Å². The molecule has 0 saturated heterocycles. The first-order chi connectivity index (χ1) is 21.4. The highest BCUT2D eigenvalue weighted by Crippen LogP contribution is 2.41. The van der Waals surface area contributed by atoms with Gasteiger partial charge in [0.15, 0.2) is 0 Å². The molecule has 0 unspecified atom stereocenters. The van der Waals surface area contributed by atoms with Crippen LogP contribution in [0.2, 0.25) is 0 Å². The van der Waals surface area contributed by atoms with Crippen LogP contribution in [0.4, 0.5) is 0 Å². The van der Waals surface area contributed by atoms with Crippen LogP contribution >= 0.6 is 11.3 Å². The number of nitrogens with zero attached hydrogens (tertiary/aromatic N) is 3. The van der Waals surface area contributed by atoms with Crippen molar-refractivity contribution in [2.45, 2.75) is 86.3 Å². The van der Waals surface area contributed by atoms with Crippen molar-refractivity contribution in [1.82, 2.24) is 25.4 Å². The van der Waals surface area contributed by atoms with E-state index in [0.29, 0.717) is 19.6 Å².